The van der Waals surface area contributed by atoms with Crippen LogP contribution in [0.15, 0.2) is 24.3 Å². The number of likely N-dealkylation sites (N-methyl/N-ethyl adjacent to an activating group) is 2. The van der Waals surface area contributed by atoms with Crippen LogP contribution in [-0.4, -0.2) is 86.6 Å². The lowest BCUT2D eigenvalue weighted by Gasteiger charge is -2.33. The minimum atomic E-state index is -0.183. The predicted octanol–water partition coefficient (Wildman–Crippen LogP) is 1.98. The minimum Gasteiger partial charge on any atom is -0.492 e. The maximum absolute atomic E-state index is 12.6. The van der Waals surface area contributed by atoms with Crippen LogP contribution in [-0.2, 0) is 4.79 Å². The number of hydrogen-bond acceptors (Lipinski definition) is 5. The number of para-hydroxylation sites is 2. The second-order valence-electron chi connectivity index (χ2n) is 7.07. The highest BCUT2D eigenvalue weighted by Crippen LogP contribution is 2.24. The molecule has 1 aliphatic heterocycles. The van der Waals surface area contributed by atoms with E-state index >= 15 is 0 Å². The van der Waals surface area contributed by atoms with Gasteiger partial charge in [0.25, 0.3) is 0 Å². The topological polar surface area (TPSA) is 48.1 Å². The van der Waals surface area contributed by atoms with Gasteiger partial charge < -0.3 is 19.9 Å². The molecule has 1 heterocycles. The summed E-state index contributed by atoms with van der Waals surface area (Å²) in [6.45, 7) is 11.1. The number of amides is 1. The Morgan fingerprint density at radius 2 is 1.96 bits per heavy atom. The molecule has 1 aromatic rings. The van der Waals surface area contributed by atoms with E-state index in [0.29, 0.717) is 12.4 Å². The summed E-state index contributed by atoms with van der Waals surface area (Å²) in [4.78, 5) is 19.6. The first-order valence-corrected chi connectivity index (χ1v) is 9.65. The Balaban J connectivity index is 1.76. The van der Waals surface area contributed by atoms with Gasteiger partial charge in [-0.25, -0.2) is 0 Å². The molecule has 1 saturated heterocycles. The quantitative estimate of drug-likeness (QED) is 0.728. The highest BCUT2D eigenvalue weighted by atomic mass is 16.5. The Morgan fingerprint density at radius 1 is 1.27 bits per heavy atom. The van der Waals surface area contributed by atoms with E-state index in [-0.39, 0.29) is 11.9 Å². The number of anilines is 1. The lowest BCUT2D eigenvalue weighted by molar-refractivity contribution is -0.120. The van der Waals surface area contributed by atoms with E-state index in [4.69, 9.17) is 4.74 Å². The SMILES string of the molecule is CCOc1ccccc1NC(=O)[C@@H](C)N(C)CCCN1CCN(C)CC1. The number of ether oxygens (including phenoxy) is 1. The largest absolute Gasteiger partial charge is 0.492 e. The maximum Gasteiger partial charge on any atom is 0.241 e. The molecule has 1 amide bonds. The molecule has 0 bridgehead atoms. The van der Waals surface area contributed by atoms with Crippen LogP contribution in [0.3, 0.4) is 0 Å². The first kappa shape index (κ1) is 20.7. The molecule has 1 fully saturated rings. The van der Waals surface area contributed by atoms with Crippen molar-refractivity contribution in [1.29, 1.82) is 0 Å². The number of carbonyl (C=O) groups excluding carboxylic acids is 1. The first-order chi connectivity index (χ1) is 12.5. The number of carbonyl (C=O) groups is 1. The van der Waals surface area contributed by atoms with Crippen LogP contribution >= 0.6 is 0 Å². The third-order valence-electron chi connectivity index (χ3n) is 5.07. The summed E-state index contributed by atoms with van der Waals surface area (Å²) in [6.07, 6.45) is 1.08. The highest BCUT2D eigenvalue weighted by molar-refractivity contribution is 5.95. The van der Waals surface area contributed by atoms with Gasteiger partial charge in [0.15, 0.2) is 0 Å². The highest BCUT2D eigenvalue weighted by Gasteiger charge is 2.20. The van der Waals surface area contributed by atoms with Crippen LogP contribution in [0.25, 0.3) is 0 Å². The molecule has 26 heavy (non-hydrogen) atoms. The Kier molecular flexibility index (Phi) is 8.35. The molecule has 0 unspecified atom stereocenters. The van der Waals surface area contributed by atoms with Crippen LogP contribution in [0.5, 0.6) is 5.75 Å². The molecule has 0 spiro atoms. The van der Waals surface area contributed by atoms with E-state index in [9.17, 15) is 4.79 Å². The van der Waals surface area contributed by atoms with Crippen LogP contribution in [0.1, 0.15) is 20.3 Å². The maximum atomic E-state index is 12.6. The summed E-state index contributed by atoms with van der Waals surface area (Å²) in [5.74, 6) is 0.715. The van der Waals surface area contributed by atoms with Crippen molar-refractivity contribution in [3.8, 4) is 5.75 Å². The van der Waals surface area contributed by atoms with Gasteiger partial charge in [0, 0.05) is 26.2 Å². The Bertz CT molecular complexity index is 558. The summed E-state index contributed by atoms with van der Waals surface area (Å²) in [7, 11) is 4.19. The number of piperazine rings is 1. The van der Waals surface area contributed by atoms with Crippen LogP contribution in [0.4, 0.5) is 5.69 Å². The molecule has 146 valence electrons. The number of benzene rings is 1. The molecular formula is C20H34N4O2. The van der Waals surface area contributed by atoms with Crippen molar-refractivity contribution in [3.05, 3.63) is 24.3 Å². The van der Waals surface area contributed by atoms with Gasteiger partial charge in [-0.05, 0) is 59.6 Å². The molecule has 6 heteroatoms. The zero-order valence-corrected chi connectivity index (χ0v) is 16.7. The van der Waals surface area contributed by atoms with E-state index in [2.05, 4.69) is 27.1 Å². The van der Waals surface area contributed by atoms with Crippen LogP contribution in [0.2, 0.25) is 0 Å². The van der Waals surface area contributed by atoms with Gasteiger partial charge in [-0.1, -0.05) is 12.1 Å². The molecule has 2 rings (SSSR count). The second kappa shape index (κ2) is 10.5. The molecule has 1 aliphatic rings. The third-order valence-corrected chi connectivity index (χ3v) is 5.07. The fraction of sp³-hybridized carbons (Fsp3) is 0.650. The molecule has 6 nitrogen and oxygen atoms in total. The zero-order chi connectivity index (χ0) is 18.9. The molecule has 1 N–H and O–H groups in total. The van der Waals surface area contributed by atoms with Gasteiger partial charge in [-0.3, -0.25) is 9.69 Å². The van der Waals surface area contributed by atoms with Crippen molar-refractivity contribution in [2.24, 2.45) is 0 Å². The summed E-state index contributed by atoms with van der Waals surface area (Å²) in [5, 5.41) is 3.00. The molecule has 0 aliphatic carbocycles. The van der Waals surface area contributed by atoms with E-state index < -0.39 is 0 Å². The Labute approximate surface area is 158 Å². The van der Waals surface area contributed by atoms with Crippen molar-refractivity contribution >= 4 is 11.6 Å². The van der Waals surface area contributed by atoms with Crippen molar-refractivity contribution in [1.82, 2.24) is 14.7 Å². The third kappa shape index (κ3) is 6.27. The fourth-order valence-corrected chi connectivity index (χ4v) is 3.10. The lowest BCUT2D eigenvalue weighted by atomic mass is 10.2. The predicted molar refractivity (Wildman–Crippen MR) is 107 cm³/mol. The van der Waals surface area contributed by atoms with Crippen molar-refractivity contribution < 1.29 is 9.53 Å². The van der Waals surface area contributed by atoms with Gasteiger partial charge in [-0.2, -0.15) is 0 Å². The van der Waals surface area contributed by atoms with Gasteiger partial charge in [0.1, 0.15) is 5.75 Å². The van der Waals surface area contributed by atoms with Crippen molar-refractivity contribution in [2.75, 3.05) is 65.3 Å². The van der Waals surface area contributed by atoms with Crippen molar-refractivity contribution in [2.45, 2.75) is 26.3 Å². The molecule has 0 radical (unpaired) electrons. The van der Waals surface area contributed by atoms with E-state index in [1.807, 2.05) is 45.2 Å². The molecule has 1 atom stereocenters. The summed E-state index contributed by atoms with van der Waals surface area (Å²) in [6, 6.07) is 7.39. The van der Waals surface area contributed by atoms with Crippen LogP contribution in [0, 0.1) is 0 Å². The summed E-state index contributed by atoms with van der Waals surface area (Å²) >= 11 is 0. The smallest absolute Gasteiger partial charge is 0.241 e. The van der Waals surface area contributed by atoms with E-state index in [1.165, 1.54) is 0 Å². The average molecular weight is 363 g/mol. The average Bonchev–Trinajstić information content (AvgIpc) is 2.64. The molecular weight excluding hydrogens is 328 g/mol. The Morgan fingerprint density at radius 3 is 2.65 bits per heavy atom. The van der Waals surface area contributed by atoms with Gasteiger partial charge in [0.05, 0.1) is 18.3 Å². The normalized spacial score (nSPS) is 17.3. The number of nitrogens with zero attached hydrogens (tertiary/aromatic N) is 3. The van der Waals surface area contributed by atoms with E-state index in [1.54, 1.807) is 0 Å². The standard InChI is InChI=1S/C20H34N4O2/c1-5-26-19-10-7-6-9-18(19)21-20(25)17(2)23(4)11-8-12-24-15-13-22(3)14-16-24/h6-7,9-10,17H,5,8,11-16H2,1-4H3,(H,21,25)/t17-/m1/s1. The summed E-state index contributed by atoms with van der Waals surface area (Å²) < 4.78 is 5.58. The number of nitrogens with one attached hydrogen (secondary N) is 1. The van der Waals surface area contributed by atoms with Gasteiger partial charge in [0.2, 0.25) is 5.91 Å². The molecule has 0 saturated carbocycles. The first-order valence-electron chi connectivity index (χ1n) is 9.65. The van der Waals surface area contributed by atoms with Crippen LogP contribution < -0.4 is 10.1 Å². The Hall–Kier alpha value is -1.63. The van der Waals surface area contributed by atoms with Gasteiger partial charge in [-0.15, -0.1) is 0 Å². The molecule has 0 aromatic heterocycles. The summed E-state index contributed by atoms with van der Waals surface area (Å²) in [5.41, 5.74) is 0.733. The van der Waals surface area contributed by atoms with E-state index in [0.717, 1.165) is 51.4 Å². The van der Waals surface area contributed by atoms with Crippen molar-refractivity contribution in [3.63, 3.8) is 0 Å². The van der Waals surface area contributed by atoms with Gasteiger partial charge >= 0.3 is 0 Å². The second-order valence-corrected chi connectivity index (χ2v) is 7.07. The number of hydrogen-bond donors (Lipinski definition) is 1. The monoisotopic (exact) mass is 362 g/mol. The number of rotatable bonds is 9. The minimum absolute atomic E-state index is 0.000694. The lowest BCUT2D eigenvalue weighted by Crippen LogP contribution is -2.45. The fourth-order valence-electron chi connectivity index (χ4n) is 3.10. The zero-order valence-electron chi connectivity index (χ0n) is 16.7. The molecule has 1 aromatic carbocycles.